The Kier molecular flexibility index (Phi) is 13.4. The number of hydrogen-bond donors (Lipinski definition) is 2. The number of Topliss-reactive ketones (excluding diaryl/α,β-unsaturated/α-hetero) is 2. The quantitative estimate of drug-likeness (QED) is 0.0822. The lowest BCUT2D eigenvalue weighted by atomic mass is 9.90. The first-order valence-electron chi connectivity index (χ1n) is 13.0. The van der Waals surface area contributed by atoms with Crippen LogP contribution >= 0.6 is 0 Å². The van der Waals surface area contributed by atoms with Crippen LogP contribution < -0.4 is 4.74 Å². The summed E-state index contributed by atoms with van der Waals surface area (Å²) in [6.45, 7) is 12.3. The zero-order valence-corrected chi connectivity index (χ0v) is 22.8. The van der Waals surface area contributed by atoms with E-state index in [1.54, 1.807) is 7.11 Å². The highest BCUT2D eigenvalue weighted by Crippen LogP contribution is 2.28. The van der Waals surface area contributed by atoms with E-state index in [2.05, 4.69) is 27.7 Å². The van der Waals surface area contributed by atoms with Crippen molar-refractivity contribution in [2.75, 3.05) is 7.11 Å². The van der Waals surface area contributed by atoms with Crippen LogP contribution in [0, 0.1) is 17.8 Å². The van der Waals surface area contributed by atoms with Gasteiger partial charge in [0.15, 0.2) is 11.6 Å². The Hall–Kier alpha value is -2.56. The molecule has 1 aromatic rings. The average Bonchev–Trinajstić information content (AvgIpc) is 2.80. The van der Waals surface area contributed by atoms with Crippen LogP contribution in [0.3, 0.4) is 0 Å². The van der Waals surface area contributed by atoms with Gasteiger partial charge in [-0.2, -0.15) is 0 Å². The molecule has 0 amide bonds. The Balaban J connectivity index is 3.41. The first kappa shape index (κ1) is 30.5. The van der Waals surface area contributed by atoms with Crippen LogP contribution in [0.5, 0.6) is 5.75 Å². The molecule has 196 valence electrons. The zero-order chi connectivity index (χ0) is 26.5. The predicted molar refractivity (Wildman–Crippen MR) is 143 cm³/mol. The number of hydrogen-bond acceptors (Lipinski definition) is 5. The molecule has 0 radical (unpaired) electrons. The molecule has 0 aliphatic rings. The van der Waals surface area contributed by atoms with Gasteiger partial charge in [-0.15, -0.1) is 0 Å². The van der Waals surface area contributed by atoms with E-state index in [4.69, 9.17) is 4.74 Å². The van der Waals surface area contributed by atoms with Gasteiger partial charge in [0.05, 0.1) is 12.9 Å². The highest BCUT2D eigenvalue weighted by atomic mass is 16.5. The van der Waals surface area contributed by atoms with Gasteiger partial charge in [0.2, 0.25) is 0 Å². The average molecular weight is 487 g/mol. The Morgan fingerprint density at radius 3 is 1.86 bits per heavy atom. The number of ketones is 2. The van der Waals surface area contributed by atoms with Gasteiger partial charge in [0, 0.05) is 24.8 Å². The predicted octanol–water partition coefficient (Wildman–Crippen LogP) is 7.70. The minimum Gasteiger partial charge on any atom is -0.512 e. The minimum absolute atomic E-state index is 0.0669. The molecule has 0 aromatic heterocycles. The Labute approximate surface area is 212 Å². The molecule has 5 nitrogen and oxygen atoms in total. The molecule has 0 aliphatic heterocycles. The maximum Gasteiger partial charge on any atom is 0.170 e. The fourth-order valence-corrected chi connectivity index (χ4v) is 3.81. The number of carbonyl (C=O) groups is 2. The van der Waals surface area contributed by atoms with E-state index in [1.807, 2.05) is 38.1 Å². The molecular formula is C30H46O5. The van der Waals surface area contributed by atoms with Gasteiger partial charge >= 0.3 is 0 Å². The third-order valence-corrected chi connectivity index (χ3v) is 6.12. The molecule has 0 saturated heterocycles. The second-order valence-corrected chi connectivity index (χ2v) is 10.6. The second kappa shape index (κ2) is 15.4. The molecule has 1 aromatic carbocycles. The summed E-state index contributed by atoms with van der Waals surface area (Å²) in [6.07, 6.45) is 3.56. The van der Waals surface area contributed by atoms with Gasteiger partial charge < -0.3 is 14.9 Å². The van der Waals surface area contributed by atoms with Crippen molar-refractivity contribution in [2.24, 2.45) is 17.8 Å². The largest absolute Gasteiger partial charge is 0.512 e. The van der Waals surface area contributed by atoms with Crippen molar-refractivity contribution in [3.63, 3.8) is 0 Å². The van der Waals surface area contributed by atoms with E-state index in [0.717, 1.165) is 18.4 Å². The number of allylic oxidation sites excluding steroid dienone is 3. The molecule has 0 bridgehead atoms. The summed E-state index contributed by atoms with van der Waals surface area (Å²) >= 11 is 0. The number of methoxy groups -OCH3 is 1. The summed E-state index contributed by atoms with van der Waals surface area (Å²) in [5.41, 5.74) is 1.03. The van der Waals surface area contributed by atoms with Gasteiger partial charge in [-0.25, -0.2) is 0 Å². The van der Waals surface area contributed by atoms with E-state index in [1.165, 1.54) is 0 Å². The lowest BCUT2D eigenvalue weighted by Gasteiger charge is -2.17. The van der Waals surface area contributed by atoms with E-state index in [9.17, 15) is 19.8 Å². The van der Waals surface area contributed by atoms with E-state index >= 15 is 0 Å². The normalized spacial score (nSPS) is 13.2. The van der Waals surface area contributed by atoms with E-state index < -0.39 is 5.78 Å². The van der Waals surface area contributed by atoms with Crippen molar-refractivity contribution in [3.8, 4) is 5.75 Å². The highest BCUT2D eigenvalue weighted by Gasteiger charge is 2.26. The summed E-state index contributed by atoms with van der Waals surface area (Å²) in [6, 6.07) is 7.47. The lowest BCUT2D eigenvalue weighted by Crippen LogP contribution is -2.19. The first-order valence-corrected chi connectivity index (χ1v) is 13.0. The molecule has 0 spiro atoms. The van der Waals surface area contributed by atoms with Gasteiger partial charge in [-0.3, -0.25) is 9.59 Å². The van der Waals surface area contributed by atoms with Crippen molar-refractivity contribution >= 4 is 11.6 Å². The van der Waals surface area contributed by atoms with Crippen LogP contribution in [0.4, 0.5) is 0 Å². The SMILES string of the molecule is COc1ccccc1CCC(=O)/C(C(=O)CCC(C)C)=C(O)/C(CCC(C)C)=C(/O)CCC(C)C. The monoisotopic (exact) mass is 486 g/mol. The standard InChI is InChI=1S/C30H46O5/c1-20(2)12-16-24(25(31)17-13-21(3)4)30(34)29(26(32)18-14-22(5)6)27(33)19-15-23-10-8-9-11-28(23)35-7/h8-11,20-22,31,34H,12-19H2,1-7H3/b25-24+,30-29-. The summed E-state index contributed by atoms with van der Waals surface area (Å²) in [5, 5.41) is 22.2. The fraction of sp³-hybridized carbons (Fsp3) is 0.600. The second-order valence-electron chi connectivity index (χ2n) is 10.6. The van der Waals surface area contributed by atoms with Crippen LogP contribution in [0.25, 0.3) is 0 Å². The zero-order valence-electron chi connectivity index (χ0n) is 22.8. The summed E-state index contributed by atoms with van der Waals surface area (Å²) in [4.78, 5) is 26.6. The molecule has 35 heavy (non-hydrogen) atoms. The third kappa shape index (κ3) is 10.7. The Morgan fingerprint density at radius 2 is 1.29 bits per heavy atom. The molecule has 0 fully saturated rings. The number of carbonyl (C=O) groups excluding carboxylic acids is 2. The molecule has 5 heteroatoms. The third-order valence-electron chi connectivity index (χ3n) is 6.12. The van der Waals surface area contributed by atoms with Gasteiger partial charge in [0.25, 0.3) is 0 Å². The highest BCUT2D eigenvalue weighted by molar-refractivity contribution is 6.21. The molecule has 0 saturated carbocycles. The Bertz CT molecular complexity index is 890. The molecule has 0 unspecified atom stereocenters. The number of benzene rings is 1. The number of aliphatic hydroxyl groups is 2. The number of rotatable bonds is 16. The fourth-order valence-electron chi connectivity index (χ4n) is 3.81. The number of para-hydroxylation sites is 1. The van der Waals surface area contributed by atoms with Crippen LogP contribution in [0.2, 0.25) is 0 Å². The summed E-state index contributed by atoms with van der Waals surface area (Å²) < 4.78 is 5.39. The van der Waals surface area contributed by atoms with Gasteiger partial charge in [-0.1, -0.05) is 59.7 Å². The van der Waals surface area contributed by atoms with Crippen molar-refractivity contribution in [2.45, 2.75) is 92.9 Å². The van der Waals surface area contributed by atoms with Crippen LogP contribution in [0.1, 0.15) is 92.1 Å². The molecule has 0 aliphatic carbocycles. The van der Waals surface area contributed by atoms with Crippen molar-refractivity contribution < 1.29 is 24.5 Å². The van der Waals surface area contributed by atoms with Crippen LogP contribution in [-0.2, 0) is 16.0 Å². The van der Waals surface area contributed by atoms with E-state index in [-0.39, 0.29) is 35.7 Å². The number of aryl methyl sites for hydroxylation is 1. The number of aliphatic hydroxyl groups excluding tert-OH is 2. The molecule has 1 rings (SSSR count). The van der Waals surface area contributed by atoms with Crippen molar-refractivity contribution in [3.05, 3.63) is 52.5 Å². The van der Waals surface area contributed by atoms with Crippen LogP contribution in [0.15, 0.2) is 46.9 Å². The van der Waals surface area contributed by atoms with Crippen LogP contribution in [-0.4, -0.2) is 28.9 Å². The maximum atomic E-state index is 13.4. The van der Waals surface area contributed by atoms with Gasteiger partial charge in [-0.05, 0) is 61.5 Å². The molecule has 2 N–H and O–H groups in total. The minimum atomic E-state index is -0.402. The topological polar surface area (TPSA) is 83.8 Å². The molecule has 0 heterocycles. The van der Waals surface area contributed by atoms with Crippen molar-refractivity contribution in [1.29, 1.82) is 0 Å². The lowest BCUT2D eigenvalue weighted by molar-refractivity contribution is -0.121. The van der Waals surface area contributed by atoms with Crippen molar-refractivity contribution in [1.82, 2.24) is 0 Å². The molecular weight excluding hydrogens is 440 g/mol. The Morgan fingerprint density at radius 1 is 0.771 bits per heavy atom. The summed E-state index contributed by atoms with van der Waals surface area (Å²) in [7, 11) is 1.58. The summed E-state index contributed by atoms with van der Waals surface area (Å²) in [5.74, 6) is 0.669. The van der Waals surface area contributed by atoms with E-state index in [0.29, 0.717) is 54.8 Å². The maximum absolute atomic E-state index is 13.4. The number of ether oxygens (including phenoxy) is 1. The molecule has 0 atom stereocenters. The van der Waals surface area contributed by atoms with Gasteiger partial charge in [0.1, 0.15) is 17.1 Å². The smallest absolute Gasteiger partial charge is 0.170 e. The first-order chi connectivity index (χ1) is 16.5.